The van der Waals surface area contributed by atoms with Crippen LogP contribution in [0.1, 0.15) is 29.6 Å². The van der Waals surface area contributed by atoms with E-state index >= 15 is 0 Å². The van der Waals surface area contributed by atoms with Crippen LogP contribution in [0.3, 0.4) is 0 Å². The maximum absolute atomic E-state index is 12.7. The van der Waals surface area contributed by atoms with Crippen LogP contribution < -0.4 is 5.32 Å². The maximum Gasteiger partial charge on any atom is 0.251 e. The van der Waals surface area contributed by atoms with Crippen LogP contribution in [0.4, 0.5) is 0 Å². The van der Waals surface area contributed by atoms with Gasteiger partial charge in [-0.15, -0.1) is 0 Å². The Labute approximate surface area is 154 Å². The first kappa shape index (κ1) is 17.2. The van der Waals surface area contributed by atoms with Gasteiger partial charge < -0.3 is 14.6 Å². The van der Waals surface area contributed by atoms with Crippen molar-refractivity contribution in [3.8, 4) is 11.4 Å². The Kier molecular flexibility index (Phi) is 5.04. The molecule has 138 valence electrons. The summed E-state index contributed by atoms with van der Waals surface area (Å²) in [6, 6.07) is 7.99. The van der Waals surface area contributed by atoms with Gasteiger partial charge in [-0.25, -0.2) is 4.98 Å². The Morgan fingerprint density at radius 3 is 2.62 bits per heavy atom. The first-order valence-corrected chi connectivity index (χ1v) is 9.43. The second kappa shape index (κ2) is 7.60. The van der Waals surface area contributed by atoms with Gasteiger partial charge in [0.1, 0.15) is 5.82 Å². The summed E-state index contributed by atoms with van der Waals surface area (Å²) in [6.45, 7) is 3.53. The standard InChI is InChI=1S/C20H26N4O2/c1-23-12-9-21-19(23)15-5-7-16(8-6-15)20(25)22-17-13-26-14-18(17)24-10-3-2-4-11-24/h5-9,12,17-18H,2-4,10-11,13-14H2,1H3,(H,22,25)/t17-,18-/m0/s1. The van der Waals surface area contributed by atoms with E-state index in [1.165, 1.54) is 19.3 Å². The Bertz CT molecular complexity index is 749. The van der Waals surface area contributed by atoms with E-state index < -0.39 is 0 Å². The number of imidazole rings is 1. The normalized spacial score (nSPS) is 23.9. The quantitative estimate of drug-likeness (QED) is 0.913. The predicted octanol–water partition coefficient (Wildman–Crippen LogP) is 2.07. The molecule has 2 atom stereocenters. The number of nitrogens with one attached hydrogen (secondary N) is 1. The topological polar surface area (TPSA) is 59.4 Å². The highest BCUT2D eigenvalue weighted by Gasteiger charge is 2.34. The van der Waals surface area contributed by atoms with E-state index in [-0.39, 0.29) is 11.9 Å². The highest BCUT2D eigenvalue weighted by atomic mass is 16.5. The molecule has 2 aliphatic rings. The molecule has 0 aliphatic carbocycles. The zero-order valence-corrected chi connectivity index (χ0v) is 15.2. The van der Waals surface area contributed by atoms with Gasteiger partial charge in [0.2, 0.25) is 0 Å². The minimum Gasteiger partial charge on any atom is -0.378 e. The number of ether oxygens (including phenoxy) is 1. The molecule has 0 saturated carbocycles. The van der Waals surface area contributed by atoms with Crippen LogP contribution in [0.15, 0.2) is 36.7 Å². The van der Waals surface area contributed by atoms with Crippen molar-refractivity contribution in [2.24, 2.45) is 7.05 Å². The summed E-state index contributed by atoms with van der Waals surface area (Å²) < 4.78 is 7.64. The molecule has 1 aromatic heterocycles. The fourth-order valence-electron chi connectivity index (χ4n) is 3.96. The van der Waals surface area contributed by atoms with Gasteiger partial charge in [-0.05, 0) is 38.1 Å². The van der Waals surface area contributed by atoms with E-state index in [9.17, 15) is 4.79 Å². The molecule has 26 heavy (non-hydrogen) atoms. The first-order valence-electron chi connectivity index (χ1n) is 9.43. The Hall–Kier alpha value is -2.18. The molecular formula is C20H26N4O2. The number of aryl methyl sites for hydroxylation is 1. The molecule has 0 bridgehead atoms. The van der Waals surface area contributed by atoms with Gasteiger partial charge in [0.15, 0.2) is 0 Å². The van der Waals surface area contributed by atoms with E-state index in [2.05, 4.69) is 15.2 Å². The van der Waals surface area contributed by atoms with Gasteiger partial charge in [-0.2, -0.15) is 0 Å². The van der Waals surface area contributed by atoms with Gasteiger partial charge in [-0.3, -0.25) is 9.69 Å². The number of likely N-dealkylation sites (tertiary alicyclic amines) is 1. The summed E-state index contributed by atoms with van der Waals surface area (Å²) in [6.07, 6.45) is 7.48. The third kappa shape index (κ3) is 3.52. The SMILES string of the molecule is Cn1ccnc1-c1ccc(C(=O)N[C@H]2COC[C@@H]2N2CCCCC2)cc1. The summed E-state index contributed by atoms with van der Waals surface area (Å²) in [5, 5.41) is 3.18. The summed E-state index contributed by atoms with van der Waals surface area (Å²) >= 11 is 0. The highest BCUT2D eigenvalue weighted by molar-refractivity contribution is 5.94. The second-order valence-electron chi connectivity index (χ2n) is 7.22. The van der Waals surface area contributed by atoms with Crippen LogP contribution >= 0.6 is 0 Å². The minimum absolute atomic E-state index is 0.0334. The van der Waals surface area contributed by atoms with Crippen molar-refractivity contribution >= 4 is 5.91 Å². The van der Waals surface area contributed by atoms with Crippen molar-refractivity contribution < 1.29 is 9.53 Å². The van der Waals surface area contributed by atoms with Crippen molar-refractivity contribution in [1.29, 1.82) is 0 Å². The van der Waals surface area contributed by atoms with Crippen LogP contribution in [0, 0.1) is 0 Å². The Morgan fingerprint density at radius 2 is 1.92 bits per heavy atom. The fourth-order valence-corrected chi connectivity index (χ4v) is 3.96. The molecule has 4 rings (SSSR count). The van der Waals surface area contributed by atoms with Gasteiger partial charge in [0.25, 0.3) is 5.91 Å². The van der Waals surface area contributed by atoms with E-state index in [1.807, 2.05) is 42.1 Å². The number of hydrogen-bond donors (Lipinski definition) is 1. The van der Waals surface area contributed by atoms with E-state index in [0.29, 0.717) is 24.8 Å². The minimum atomic E-state index is -0.0334. The molecular weight excluding hydrogens is 328 g/mol. The monoisotopic (exact) mass is 354 g/mol. The smallest absolute Gasteiger partial charge is 0.251 e. The number of aromatic nitrogens is 2. The van der Waals surface area contributed by atoms with Crippen LogP contribution in [-0.4, -0.2) is 58.7 Å². The third-order valence-corrected chi connectivity index (χ3v) is 5.45. The van der Waals surface area contributed by atoms with E-state index in [1.54, 1.807) is 6.20 Å². The lowest BCUT2D eigenvalue weighted by Crippen LogP contribution is -2.52. The van der Waals surface area contributed by atoms with Crippen LogP contribution in [-0.2, 0) is 11.8 Å². The zero-order chi connectivity index (χ0) is 17.9. The van der Waals surface area contributed by atoms with E-state index in [4.69, 9.17) is 4.74 Å². The molecule has 1 N–H and O–H groups in total. The molecule has 0 unspecified atom stereocenters. The average Bonchev–Trinajstić information content (AvgIpc) is 3.31. The lowest BCUT2D eigenvalue weighted by molar-refractivity contribution is 0.0900. The number of hydrogen-bond acceptors (Lipinski definition) is 4. The van der Waals surface area contributed by atoms with Gasteiger partial charge in [-0.1, -0.05) is 18.6 Å². The number of rotatable bonds is 4. The van der Waals surface area contributed by atoms with Gasteiger partial charge >= 0.3 is 0 Å². The summed E-state index contributed by atoms with van der Waals surface area (Å²) in [7, 11) is 1.96. The molecule has 3 heterocycles. The van der Waals surface area contributed by atoms with Gasteiger partial charge in [0, 0.05) is 30.6 Å². The van der Waals surface area contributed by atoms with Crippen molar-refractivity contribution in [2.75, 3.05) is 26.3 Å². The lowest BCUT2D eigenvalue weighted by atomic mass is 10.0. The molecule has 6 heteroatoms. The van der Waals surface area contributed by atoms with Crippen molar-refractivity contribution in [3.63, 3.8) is 0 Å². The summed E-state index contributed by atoms with van der Waals surface area (Å²) in [5.41, 5.74) is 1.68. The maximum atomic E-state index is 12.7. The average molecular weight is 354 g/mol. The van der Waals surface area contributed by atoms with Crippen molar-refractivity contribution in [1.82, 2.24) is 19.8 Å². The number of piperidine rings is 1. The Balaban J connectivity index is 1.42. The molecule has 2 aliphatic heterocycles. The molecule has 0 radical (unpaired) electrons. The highest BCUT2D eigenvalue weighted by Crippen LogP contribution is 2.20. The van der Waals surface area contributed by atoms with E-state index in [0.717, 1.165) is 24.5 Å². The number of amides is 1. The number of carbonyl (C=O) groups is 1. The number of nitrogens with zero attached hydrogens (tertiary/aromatic N) is 3. The molecule has 2 fully saturated rings. The molecule has 1 aromatic carbocycles. The summed E-state index contributed by atoms with van der Waals surface area (Å²) in [4.78, 5) is 19.5. The predicted molar refractivity (Wildman–Crippen MR) is 99.9 cm³/mol. The fraction of sp³-hybridized carbons (Fsp3) is 0.500. The molecule has 2 saturated heterocycles. The van der Waals surface area contributed by atoms with Gasteiger partial charge in [0.05, 0.1) is 25.3 Å². The second-order valence-corrected chi connectivity index (χ2v) is 7.22. The molecule has 1 amide bonds. The largest absolute Gasteiger partial charge is 0.378 e. The molecule has 0 spiro atoms. The Morgan fingerprint density at radius 1 is 1.15 bits per heavy atom. The lowest BCUT2D eigenvalue weighted by Gasteiger charge is -2.34. The zero-order valence-electron chi connectivity index (χ0n) is 15.2. The van der Waals surface area contributed by atoms with Crippen molar-refractivity contribution in [3.05, 3.63) is 42.2 Å². The molecule has 6 nitrogen and oxygen atoms in total. The number of benzene rings is 1. The van der Waals surface area contributed by atoms with Crippen LogP contribution in [0.2, 0.25) is 0 Å². The van der Waals surface area contributed by atoms with Crippen molar-refractivity contribution in [2.45, 2.75) is 31.3 Å². The van der Waals surface area contributed by atoms with Crippen LogP contribution in [0.5, 0.6) is 0 Å². The first-order chi connectivity index (χ1) is 12.7. The third-order valence-electron chi connectivity index (χ3n) is 5.45. The van der Waals surface area contributed by atoms with Crippen LogP contribution in [0.25, 0.3) is 11.4 Å². The molecule has 2 aromatic rings. The number of carbonyl (C=O) groups excluding carboxylic acids is 1. The summed E-state index contributed by atoms with van der Waals surface area (Å²) in [5.74, 6) is 0.861.